The Hall–Kier alpha value is -2.93. The fourth-order valence-electron chi connectivity index (χ4n) is 3.69. The van der Waals surface area contributed by atoms with E-state index in [9.17, 15) is 4.79 Å². The maximum atomic E-state index is 13.2. The van der Waals surface area contributed by atoms with Crippen molar-refractivity contribution in [2.75, 3.05) is 13.1 Å². The Kier molecular flexibility index (Phi) is 5.02. The number of imidazole rings is 1. The number of nitrogens with zero attached hydrogens (tertiary/aromatic N) is 4. The van der Waals surface area contributed by atoms with Gasteiger partial charge in [-0.25, -0.2) is 4.98 Å². The minimum Gasteiger partial charge on any atom is -0.467 e. The van der Waals surface area contributed by atoms with Gasteiger partial charge in [0.2, 0.25) is 5.91 Å². The van der Waals surface area contributed by atoms with Crippen LogP contribution in [-0.2, 0) is 23.4 Å². The van der Waals surface area contributed by atoms with E-state index in [1.165, 1.54) is 5.56 Å². The SMILES string of the molecule is O=C(NCc1ccco1)C1(n2ccnc2)CCN(Cc2ccncc2)CC1. The fourth-order valence-corrected chi connectivity index (χ4v) is 3.69. The highest BCUT2D eigenvalue weighted by Crippen LogP contribution is 2.31. The third-order valence-electron chi connectivity index (χ3n) is 5.26. The van der Waals surface area contributed by atoms with Gasteiger partial charge in [0.25, 0.3) is 0 Å². The molecule has 0 atom stereocenters. The number of hydrogen-bond donors (Lipinski definition) is 1. The lowest BCUT2D eigenvalue weighted by Gasteiger charge is -2.41. The average Bonchev–Trinajstić information content (AvgIpc) is 3.42. The van der Waals surface area contributed by atoms with Gasteiger partial charge < -0.3 is 14.3 Å². The molecular formula is C20H23N5O2. The van der Waals surface area contributed by atoms with Gasteiger partial charge in [-0.2, -0.15) is 0 Å². The van der Waals surface area contributed by atoms with Crippen molar-refractivity contribution in [1.29, 1.82) is 0 Å². The third-order valence-corrected chi connectivity index (χ3v) is 5.26. The molecule has 140 valence electrons. The van der Waals surface area contributed by atoms with Crippen molar-refractivity contribution >= 4 is 5.91 Å². The number of carbonyl (C=O) groups is 1. The van der Waals surface area contributed by atoms with Crippen LogP contribution in [0.15, 0.2) is 66.1 Å². The first-order valence-corrected chi connectivity index (χ1v) is 9.17. The lowest BCUT2D eigenvalue weighted by Crippen LogP contribution is -2.54. The van der Waals surface area contributed by atoms with E-state index in [4.69, 9.17) is 4.42 Å². The molecule has 7 nitrogen and oxygen atoms in total. The Labute approximate surface area is 158 Å². The van der Waals surface area contributed by atoms with Crippen LogP contribution in [0.2, 0.25) is 0 Å². The van der Waals surface area contributed by atoms with Crippen LogP contribution < -0.4 is 5.32 Å². The van der Waals surface area contributed by atoms with Crippen molar-refractivity contribution in [3.63, 3.8) is 0 Å². The molecule has 0 aromatic carbocycles. The van der Waals surface area contributed by atoms with Crippen molar-refractivity contribution in [2.45, 2.75) is 31.5 Å². The predicted molar refractivity (Wildman–Crippen MR) is 99.5 cm³/mol. The number of furan rings is 1. The van der Waals surface area contributed by atoms with Crippen LogP contribution in [0, 0.1) is 0 Å². The Bertz CT molecular complexity index is 838. The molecule has 1 saturated heterocycles. The summed E-state index contributed by atoms with van der Waals surface area (Å²) < 4.78 is 7.28. The molecule has 1 aliphatic rings. The van der Waals surface area contributed by atoms with E-state index in [2.05, 4.69) is 20.2 Å². The van der Waals surface area contributed by atoms with E-state index in [0.717, 1.165) is 38.2 Å². The molecule has 27 heavy (non-hydrogen) atoms. The van der Waals surface area contributed by atoms with Crippen LogP contribution in [0.1, 0.15) is 24.2 Å². The number of nitrogens with one attached hydrogen (secondary N) is 1. The highest BCUT2D eigenvalue weighted by Gasteiger charge is 2.42. The molecule has 4 rings (SSSR count). The first-order chi connectivity index (χ1) is 13.3. The van der Waals surface area contributed by atoms with Gasteiger partial charge in [0, 0.05) is 44.4 Å². The summed E-state index contributed by atoms with van der Waals surface area (Å²) in [7, 11) is 0. The van der Waals surface area contributed by atoms with E-state index in [-0.39, 0.29) is 5.91 Å². The summed E-state index contributed by atoms with van der Waals surface area (Å²) in [5, 5.41) is 3.04. The molecule has 1 aliphatic heterocycles. The normalized spacial score (nSPS) is 16.9. The van der Waals surface area contributed by atoms with Crippen molar-refractivity contribution in [1.82, 2.24) is 24.8 Å². The summed E-state index contributed by atoms with van der Waals surface area (Å²) in [6, 6.07) is 7.76. The fraction of sp³-hybridized carbons (Fsp3) is 0.350. The van der Waals surface area contributed by atoms with E-state index in [1.54, 1.807) is 18.8 Å². The molecule has 3 aromatic rings. The highest BCUT2D eigenvalue weighted by atomic mass is 16.3. The molecular weight excluding hydrogens is 342 g/mol. The zero-order valence-electron chi connectivity index (χ0n) is 15.1. The number of pyridine rings is 1. The molecule has 0 unspecified atom stereocenters. The van der Waals surface area contributed by atoms with Crippen LogP contribution in [0.4, 0.5) is 0 Å². The summed E-state index contributed by atoms with van der Waals surface area (Å²) in [5.74, 6) is 0.764. The second-order valence-corrected chi connectivity index (χ2v) is 6.90. The Morgan fingerprint density at radius 3 is 2.63 bits per heavy atom. The van der Waals surface area contributed by atoms with Crippen molar-refractivity contribution < 1.29 is 9.21 Å². The number of hydrogen-bond acceptors (Lipinski definition) is 5. The molecule has 0 saturated carbocycles. The van der Waals surface area contributed by atoms with Gasteiger partial charge >= 0.3 is 0 Å². The summed E-state index contributed by atoms with van der Waals surface area (Å²) >= 11 is 0. The van der Waals surface area contributed by atoms with Gasteiger partial charge in [0.05, 0.1) is 19.1 Å². The van der Waals surface area contributed by atoms with Crippen LogP contribution >= 0.6 is 0 Å². The first kappa shape index (κ1) is 17.5. The topological polar surface area (TPSA) is 76.2 Å². The summed E-state index contributed by atoms with van der Waals surface area (Å²) in [4.78, 5) is 23.8. The smallest absolute Gasteiger partial charge is 0.246 e. The van der Waals surface area contributed by atoms with Crippen molar-refractivity contribution in [3.8, 4) is 0 Å². The molecule has 0 aliphatic carbocycles. The van der Waals surface area contributed by atoms with E-state index < -0.39 is 5.54 Å². The quantitative estimate of drug-likeness (QED) is 0.725. The van der Waals surface area contributed by atoms with Crippen LogP contribution in [-0.4, -0.2) is 38.4 Å². The zero-order chi connectivity index (χ0) is 18.5. The molecule has 4 heterocycles. The highest BCUT2D eigenvalue weighted by molar-refractivity contribution is 5.84. The summed E-state index contributed by atoms with van der Waals surface area (Å²) in [6.07, 6.45) is 12.1. The third kappa shape index (κ3) is 3.78. The monoisotopic (exact) mass is 365 g/mol. The number of aromatic nitrogens is 3. The van der Waals surface area contributed by atoms with Gasteiger partial charge in [0.1, 0.15) is 11.3 Å². The van der Waals surface area contributed by atoms with Crippen molar-refractivity contribution in [3.05, 3.63) is 73.0 Å². The van der Waals surface area contributed by atoms with E-state index in [1.807, 2.05) is 47.4 Å². The largest absolute Gasteiger partial charge is 0.467 e. The number of piperidine rings is 1. The number of carbonyl (C=O) groups excluding carboxylic acids is 1. The molecule has 0 spiro atoms. The minimum absolute atomic E-state index is 0.0143. The Balaban J connectivity index is 1.45. The zero-order valence-corrected chi connectivity index (χ0v) is 15.1. The van der Waals surface area contributed by atoms with Gasteiger partial charge in [0.15, 0.2) is 0 Å². The molecule has 7 heteroatoms. The van der Waals surface area contributed by atoms with Gasteiger partial charge in [-0.3, -0.25) is 14.7 Å². The predicted octanol–water partition coefficient (Wildman–Crippen LogP) is 2.18. The van der Waals surface area contributed by atoms with Crippen LogP contribution in [0.5, 0.6) is 0 Å². The van der Waals surface area contributed by atoms with Crippen LogP contribution in [0.25, 0.3) is 0 Å². The van der Waals surface area contributed by atoms with E-state index >= 15 is 0 Å². The number of rotatable bonds is 6. The second-order valence-electron chi connectivity index (χ2n) is 6.90. The lowest BCUT2D eigenvalue weighted by atomic mass is 9.85. The number of amides is 1. The Morgan fingerprint density at radius 1 is 1.15 bits per heavy atom. The van der Waals surface area contributed by atoms with Crippen molar-refractivity contribution in [2.24, 2.45) is 0 Å². The molecule has 0 radical (unpaired) electrons. The first-order valence-electron chi connectivity index (χ1n) is 9.17. The molecule has 1 fully saturated rings. The molecule has 1 N–H and O–H groups in total. The minimum atomic E-state index is -0.613. The molecule has 1 amide bonds. The van der Waals surface area contributed by atoms with E-state index in [0.29, 0.717) is 6.54 Å². The Morgan fingerprint density at radius 2 is 1.96 bits per heavy atom. The average molecular weight is 365 g/mol. The summed E-state index contributed by atoms with van der Waals surface area (Å²) in [5.41, 5.74) is 0.625. The maximum Gasteiger partial charge on any atom is 0.246 e. The molecule has 0 bridgehead atoms. The van der Waals surface area contributed by atoms with Gasteiger partial charge in [-0.1, -0.05) is 0 Å². The van der Waals surface area contributed by atoms with Gasteiger partial charge in [-0.05, 0) is 42.7 Å². The second kappa shape index (κ2) is 7.75. The lowest BCUT2D eigenvalue weighted by molar-refractivity contribution is -0.133. The maximum absolute atomic E-state index is 13.2. The summed E-state index contributed by atoms with van der Waals surface area (Å²) in [6.45, 7) is 2.95. The number of likely N-dealkylation sites (tertiary alicyclic amines) is 1. The van der Waals surface area contributed by atoms with Gasteiger partial charge in [-0.15, -0.1) is 0 Å². The molecule has 3 aromatic heterocycles. The van der Waals surface area contributed by atoms with Crippen LogP contribution in [0.3, 0.4) is 0 Å². The standard InChI is InChI=1S/C20H23N5O2/c26-19(23-14-18-2-1-13-27-18)20(25-12-9-22-16-25)5-10-24(11-6-20)15-17-3-7-21-8-4-17/h1-4,7-9,12-13,16H,5-6,10-11,14-15H2,(H,23,26).